The highest BCUT2D eigenvalue weighted by molar-refractivity contribution is 7.80. The molecule has 1 fully saturated rings. The summed E-state index contributed by atoms with van der Waals surface area (Å²) in [6.07, 6.45) is 8.42. The summed E-state index contributed by atoms with van der Waals surface area (Å²) in [7, 11) is 6.56. The van der Waals surface area contributed by atoms with Crippen molar-refractivity contribution in [3.05, 3.63) is 0 Å². The van der Waals surface area contributed by atoms with Gasteiger partial charge in [0, 0.05) is 19.6 Å². The Hall–Kier alpha value is 0.270. The van der Waals surface area contributed by atoms with Gasteiger partial charge in [0.25, 0.3) is 0 Å². The summed E-state index contributed by atoms with van der Waals surface area (Å²) in [6.45, 7) is 3.55. The van der Waals surface area contributed by atoms with E-state index in [1.807, 2.05) is 0 Å². The third-order valence-electron chi connectivity index (χ3n) is 4.03. The lowest BCUT2D eigenvalue weighted by atomic mass is 9.82. The minimum Gasteiger partial charge on any atom is -0.308 e. The second-order valence-electron chi connectivity index (χ2n) is 6.11. The first-order valence-corrected chi connectivity index (χ1v) is 7.65. The van der Waals surface area contributed by atoms with Crippen LogP contribution in [0.1, 0.15) is 38.5 Å². The zero-order valence-electron chi connectivity index (χ0n) is 11.9. The smallest absolute Gasteiger partial charge is 0.0106 e. The van der Waals surface area contributed by atoms with Gasteiger partial charge in [-0.2, -0.15) is 12.6 Å². The molecule has 0 atom stereocenters. The molecule has 3 heteroatoms. The average Bonchev–Trinajstić information content (AvgIpc) is 2.53. The molecule has 0 aliphatic heterocycles. The molecular formula is C14H30N2S. The Morgan fingerprint density at radius 1 is 0.941 bits per heavy atom. The van der Waals surface area contributed by atoms with Gasteiger partial charge in [0.15, 0.2) is 0 Å². The van der Waals surface area contributed by atoms with Crippen molar-refractivity contribution in [2.45, 2.75) is 38.5 Å². The van der Waals surface area contributed by atoms with E-state index in [4.69, 9.17) is 0 Å². The molecule has 2 nitrogen and oxygen atoms in total. The predicted molar refractivity (Wildman–Crippen MR) is 80.0 cm³/mol. The fourth-order valence-electron chi connectivity index (χ4n) is 2.87. The maximum absolute atomic E-state index is 4.64. The monoisotopic (exact) mass is 258 g/mol. The summed E-state index contributed by atoms with van der Waals surface area (Å²) in [5, 5.41) is 0. The zero-order chi connectivity index (χ0) is 12.7. The van der Waals surface area contributed by atoms with Crippen LogP contribution in [0.25, 0.3) is 0 Å². The highest BCUT2D eigenvalue weighted by atomic mass is 32.1. The molecule has 0 saturated heterocycles. The van der Waals surface area contributed by atoms with Gasteiger partial charge in [-0.3, -0.25) is 0 Å². The van der Waals surface area contributed by atoms with Crippen LogP contribution in [0.15, 0.2) is 0 Å². The number of thiol groups is 1. The second-order valence-corrected chi connectivity index (χ2v) is 6.43. The van der Waals surface area contributed by atoms with Gasteiger partial charge in [-0.25, -0.2) is 0 Å². The Labute approximate surface area is 113 Å². The molecule has 0 radical (unpaired) electrons. The molecule has 0 aromatic carbocycles. The largest absolute Gasteiger partial charge is 0.308 e. The molecule has 0 heterocycles. The molecule has 1 aliphatic carbocycles. The van der Waals surface area contributed by atoms with E-state index < -0.39 is 0 Å². The van der Waals surface area contributed by atoms with Crippen LogP contribution in [-0.4, -0.2) is 56.3 Å². The molecule has 0 bridgehead atoms. The van der Waals surface area contributed by atoms with Crippen LogP contribution in [0.2, 0.25) is 0 Å². The molecule has 0 N–H and O–H groups in total. The molecule has 1 aliphatic rings. The number of rotatable bonds is 6. The molecule has 17 heavy (non-hydrogen) atoms. The lowest BCUT2D eigenvalue weighted by Gasteiger charge is -2.35. The average molecular weight is 258 g/mol. The minimum absolute atomic E-state index is 0.487. The molecule has 0 amide bonds. The van der Waals surface area contributed by atoms with Crippen LogP contribution in [0, 0.1) is 5.41 Å². The third-order valence-corrected chi connectivity index (χ3v) is 4.70. The molecule has 102 valence electrons. The highest BCUT2D eigenvalue weighted by Crippen LogP contribution is 2.36. The van der Waals surface area contributed by atoms with Crippen molar-refractivity contribution in [3.63, 3.8) is 0 Å². The quantitative estimate of drug-likeness (QED) is 0.578. The van der Waals surface area contributed by atoms with Gasteiger partial charge in [0.2, 0.25) is 0 Å². The molecule has 0 unspecified atom stereocenters. The maximum atomic E-state index is 4.64. The summed E-state index contributed by atoms with van der Waals surface area (Å²) in [6, 6.07) is 0. The van der Waals surface area contributed by atoms with Gasteiger partial charge in [0.05, 0.1) is 0 Å². The first kappa shape index (κ1) is 15.3. The van der Waals surface area contributed by atoms with E-state index in [1.165, 1.54) is 51.6 Å². The predicted octanol–water partition coefficient (Wildman–Crippen LogP) is 2.75. The van der Waals surface area contributed by atoms with E-state index >= 15 is 0 Å². The van der Waals surface area contributed by atoms with Crippen molar-refractivity contribution >= 4 is 12.6 Å². The van der Waals surface area contributed by atoms with Crippen LogP contribution in [-0.2, 0) is 0 Å². The normalized spacial score (nSPS) is 20.8. The van der Waals surface area contributed by atoms with Crippen LogP contribution in [0.5, 0.6) is 0 Å². The highest BCUT2D eigenvalue weighted by Gasteiger charge is 2.30. The number of nitrogens with zero attached hydrogens (tertiary/aromatic N) is 2. The van der Waals surface area contributed by atoms with Crippen LogP contribution < -0.4 is 0 Å². The van der Waals surface area contributed by atoms with Crippen LogP contribution in [0.3, 0.4) is 0 Å². The SMILES string of the molecule is CN(C)CCN(C)CC1(CS)CCCCCC1. The van der Waals surface area contributed by atoms with E-state index in [0.29, 0.717) is 5.41 Å². The second kappa shape index (κ2) is 7.65. The van der Waals surface area contributed by atoms with E-state index in [1.54, 1.807) is 0 Å². The van der Waals surface area contributed by atoms with Crippen molar-refractivity contribution in [2.75, 3.05) is 46.5 Å². The van der Waals surface area contributed by atoms with Gasteiger partial charge in [-0.05, 0) is 45.2 Å². The Balaban J connectivity index is 2.43. The first-order chi connectivity index (χ1) is 8.08. The van der Waals surface area contributed by atoms with Gasteiger partial charge >= 0.3 is 0 Å². The minimum atomic E-state index is 0.487. The first-order valence-electron chi connectivity index (χ1n) is 7.02. The van der Waals surface area contributed by atoms with Crippen LogP contribution in [0.4, 0.5) is 0 Å². The number of likely N-dealkylation sites (N-methyl/N-ethyl adjacent to an activating group) is 2. The van der Waals surface area contributed by atoms with Crippen molar-refractivity contribution in [3.8, 4) is 0 Å². The lowest BCUT2D eigenvalue weighted by molar-refractivity contribution is 0.165. The summed E-state index contributed by atoms with van der Waals surface area (Å²) in [5.41, 5.74) is 0.487. The van der Waals surface area contributed by atoms with Crippen molar-refractivity contribution in [1.29, 1.82) is 0 Å². The third kappa shape index (κ3) is 5.62. The van der Waals surface area contributed by atoms with E-state index in [0.717, 1.165) is 12.3 Å². The molecular weight excluding hydrogens is 228 g/mol. The van der Waals surface area contributed by atoms with Gasteiger partial charge < -0.3 is 9.80 Å². The van der Waals surface area contributed by atoms with Gasteiger partial charge in [-0.15, -0.1) is 0 Å². The van der Waals surface area contributed by atoms with E-state index in [-0.39, 0.29) is 0 Å². The molecule has 0 aromatic heterocycles. The Bertz CT molecular complexity index is 198. The molecule has 1 rings (SSSR count). The summed E-state index contributed by atoms with van der Waals surface area (Å²) in [5.74, 6) is 1.05. The number of hydrogen-bond acceptors (Lipinski definition) is 3. The Kier molecular flexibility index (Phi) is 6.90. The van der Waals surface area contributed by atoms with E-state index in [9.17, 15) is 0 Å². The molecule has 0 aromatic rings. The zero-order valence-corrected chi connectivity index (χ0v) is 12.8. The van der Waals surface area contributed by atoms with Crippen molar-refractivity contribution in [2.24, 2.45) is 5.41 Å². The molecule has 1 saturated carbocycles. The number of hydrogen-bond donors (Lipinski definition) is 1. The fourth-order valence-corrected chi connectivity index (χ4v) is 3.28. The van der Waals surface area contributed by atoms with Crippen molar-refractivity contribution < 1.29 is 0 Å². The summed E-state index contributed by atoms with van der Waals surface area (Å²) in [4.78, 5) is 4.76. The Morgan fingerprint density at radius 3 is 2.00 bits per heavy atom. The lowest BCUT2D eigenvalue weighted by Crippen LogP contribution is -2.39. The topological polar surface area (TPSA) is 6.48 Å². The fraction of sp³-hybridized carbons (Fsp3) is 1.00. The summed E-state index contributed by atoms with van der Waals surface area (Å²) < 4.78 is 0. The van der Waals surface area contributed by atoms with Crippen molar-refractivity contribution in [1.82, 2.24) is 9.80 Å². The van der Waals surface area contributed by atoms with Gasteiger partial charge in [0.1, 0.15) is 0 Å². The molecule has 0 spiro atoms. The maximum Gasteiger partial charge on any atom is 0.0106 e. The van der Waals surface area contributed by atoms with Gasteiger partial charge in [-0.1, -0.05) is 25.7 Å². The summed E-state index contributed by atoms with van der Waals surface area (Å²) >= 11 is 4.64. The van der Waals surface area contributed by atoms with Crippen LogP contribution >= 0.6 is 12.6 Å². The standard InChI is InChI=1S/C14H30N2S/c1-15(2)10-11-16(3)12-14(13-17)8-6-4-5-7-9-14/h17H,4-13H2,1-3H3. The Morgan fingerprint density at radius 2 is 1.53 bits per heavy atom. The van der Waals surface area contributed by atoms with E-state index in [2.05, 4.69) is 43.6 Å².